The first kappa shape index (κ1) is 18.9. The topological polar surface area (TPSA) is 70.4 Å². The summed E-state index contributed by atoms with van der Waals surface area (Å²) in [4.78, 5) is 16.6. The molecule has 0 unspecified atom stereocenters. The van der Waals surface area contributed by atoms with E-state index < -0.39 is 29.5 Å². The summed E-state index contributed by atoms with van der Waals surface area (Å²) in [5, 5.41) is 20.2. The predicted octanol–water partition coefficient (Wildman–Crippen LogP) is 3.21. The Bertz CT molecular complexity index is 847. The Hall–Kier alpha value is -1.89. The zero-order valence-electron chi connectivity index (χ0n) is 13.9. The van der Waals surface area contributed by atoms with Crippen LogP contribution in [0.2, 0.25) is 5.02 Å². The summed E-state index contributed by atoms with van der Waals surface area (Å²) in [5.41, 5.74) is -3.78. The fourth-order valence-electron chi connectivity index (χ4n) is 3.34. The van der Waals surface area contributed by atoms with Crippen LogP contribution < -0.4 is 0 Å². The molecule has 2 N–H and O–H groups in total. The summed E-state index contributed by atoms with van der Waals surface area (Å²) >= 11 is 5.70. The van der Waals surface area contributed by atoms with E-state index in [1.807, 2.05) is 0 Å². The summed E-state index contributed by atoms with van der Waals surface area (Å²) in [6.45, 7) is -0.614. The van der Waals surface area contributed by atoms with E-state index in [9.17, 15) is 19.4 Å². The molecule has 0 bridgehead atoms. The smallest absolute Gasteiger partial charge is 0.195 e. The number of Topliss-reactive ketones (excluding diaryl/α,β-unsaturated/α-hetero) is 1. The maximum absolute atomic E-state index is 15.6. The van der Waals surface area contributed by atoms with Crippen LogP contribution in [-0.4, -0.2) is 27.6 Å². The number of aliphatic hydroxyl groups is 2. The number of alkyl halides is 1. The van der Waals surface area contributed by atoms with Crippen LogP contribution in [0.25, 0.3) is 0 Å². The highest BCUT2D eigenvalue weighted by Gasteiger charge is 2.51. The largest absolute Gasteiger partial charge is 0.393 e. The third-order valence-electron chi connectivity index (χ3n) is 4.90. The van der Waals surface area contributed by atoms with E-state index in [-0.39, 0.29) is 47.5 Å². The molecule has 0 amide bonds. The molecule has 2 atom stereocenters. The first-order chi connectivity index (χ1) is 12.3. The van der Waals surface area contributed by atoms with Crippen LogP contribution in [0, 0.1) is 5.82 Å². The van der Waals surface area contributed by atoms with Gasteiger partial charge >= 0.3 is 0 Å². The lowest BCUT2D eigenvalue weighted by molar-refractivity contribution is -0.135. The molecule has 0 saturated heterocycles. The van der Waals surface area contributed by atoms with Crippen molar-refractivity contribution in [2.45, 2.75) is 37.0 Å². The molecule has 1 aliphatic rings. The number of halogens is 3. The first-order valence-electron chi connectivity index (χ1n) is 8.25. The lowest BCUT2D eigenvalue weighted by Gasteiger charge is -2.38. The number of aliphatic hydroxyl groups excluding tert-OH is 1. The van der Waals surface area contributed by atoms with Gasteiger partial charge < -0.3 is 10.2 Å². The van der Waals surface area contributed by atoms with Crippen molar-refractivity contribution >= 4 is 17.4 Å². The molecule has 1 aromatic carbocycles. The summed E-state index contributed by atoms with van der Waals surface area (Å²) in [6, 6.07) is 6.99. The van der Waals surface area contributed by atoms with Gasteiger partial charge in [0.15, 0.2) is 11.5 Å². The molecule has 0 spiro atoms. The van der Waals surface area contributed by atoms with Gasteiger partial charge in [0.2, 0.25) is 0 Å². The number of hydrogen-bond donors (Lipinski definition) is 2. The Balaban J connectivity index is 1.85. The van der Waals surface area contributed by atoms with Gasteiger partial charge in [-0.3, -0.25) is 9.78 Å². The average molecular weight is 382 g/mol. The lowest BCUT2D eigenvalue weighted by Crippen LogP contribution is -2.45. The Morgan fingerprint density at radius 1 is 1.31 bits per heavy atom. The first-order valence-corrected chi connectivity index (χ1v) is 8.63. The molecule has 0 saturated carbocycles. The fourth-order valence-corrected chi connectivity index (χ4v) is 3.50. The van der Waals surface area contributed by atoms with E-state index in [4.69, 9.17) is 11.6 Å². The molecule has 2 aromatic rings. The van der Waals surface area contributed by atoms with Crippen molar-refractivity contribution in [3.8, 4) is 0 Å². The Morgan fingerprint density at radius 3 is 2.77 bits per heavy atom. The zero-order chi connectivity index (χ0) is 18.9. The van der Waals surface area contributed by atoms with Crippen molar-refractivity contribution in [1.82, 2.24) is 4.98 Å². The monoisotopic (exact) mass is 381 g/mol. The standard InChI is InChI=1S/C19H18ClF2NO3/c20-13-5-3-12(15(21)10-13)4-6-16(25)19(22)8-7-18(26,11-24)17-14(19)2-1-9-23-17/h1-3,5,9-10,24,26H,4,6-8,11H2/t18-,19+/m1/s1. The third-order valence-corrected chi connectivity index (χ3v) is 5.13. The molecule has 1 aromatic heterocycles. The molecule has 1 aliphatic carbocycles. The molecule has 0 fully saturated rings. The summed E-state index contributed by atoms with van der Waals surface area (Å²) in [5.74, 6) is -1.25. The SMILES string of the molecule is O=C(CCc1ccc(Cl)cc1F)[C@]1(F)CC[C@@](O)(CO)c2ncccc21. The number of hydrogen-bond acceptors (Lipinski definition) is 4. The molecular weight excluding hydrogens is 364 g/mol. The van der Waals surface area contributed by atoms with E-state index >= 15 is 4.39 Å². The number of aromatic nitrogens is 1. The minimum absolute atomic E-state index is 0.0257. The van der Waals surface area contributed by atoms with Crippen molar-refractivity contribution in [1.29, 1.82) is 0 Å². The van der Waals surface area contributed by atoms with E-state index in [1.165, 1.54) is 30.5 Å². The van der Waals surface area contributed by atoms with Crippen molar-refractivity contribution in [3.05, 3.63) is 64.2 Å². The molecule has 1 heterocycles. The van der Waals surface area contributed by atoms with Gasteiger partial charge in [0.25, 0.3) is 0 Å². The lowest BCUT2D eigenvalue weighted by atomic mass is 9.72. The summed E-state index contributed by atoms with van der Waals surface area (Å²) in [7, 11) is 0. The summed E-state index contributed by atoms with van der Waals surface area (Å²) < 4.78 is 29.5. The Morgan fingerprint density at radius 2 is 2.08 bits per heavy atom. The minimum Gasteiger partial charge on any atom is -0.393 e. The third kappa shape index (κ3) is 3.24. The van der Waals surface area contributed by atoms with Gasteiger partial charge in [-0.25, -0.2) is 8.78 Å². The number of benzene rings is 1. The van der Waals surface area contributed by atoms with Crippen LogP contribution >= 0.6 is 11.6 Å². The fraction of sp³-hybridized carbons (Fsp3) is 0.368. The predicted molar refractivity (Wildman–Crippen MR) is 92.0 cm³/mol. The van der Waals surface area contributed by atoms with Crippen molar-refractivity contribution in [3.63, 3.8) is 0 Å². The van der Waals surface area contributed by atoms with Crippen LogP contribution in [0.3, 0.4) is 0 Å². The highest BCUT2D eigenvalue weighted by atomic mass is 35.5. The second-order valence-corrected chi connectivity index (χ2v) is 6.99. The van der Waals surface area contributed by atoms with Crippen molar-refractivity contribution < 1.29 is 23.8 Å². The molecule has 26 heavy (non-hydrogen) atoms. The highest BCUT2D eigenvalue weighted by Crippen LogP contribution is 2.46. The number of ketones is 1. The van der Waals surface area contributed by atoms with Crippen LogP contribution in [0.4, 0.5) is 8.78 Å². The number of fused-ring (bicyclic) bond motifs is 1. The maximum atomic E-state index is 15.6. The number of nitrogens with zero attached hydrogens (tertiary/aromatic N) is 1. The number of pyridine rings is 1. The zero-order valence-corrected chi connectivity index (χ0v) is 14.6. The molecule has 3 rings (SSSR count). The molecule has 7 heteroatoms. The van der Waals surface area contributed by atoms with Gasteiger partial charge in [0.1, 0.15) is 11.4 Å². The van der Waals surface area contributed by atoms with Crippen molar-refractivity contribution in [2.75, 3.05) is 6.61 Å². The molecular formula is C19H18ClF2NO3. The Kier molecular flexibility index (Phi) is 5.10. The Labute approximate surface area is 154 Å². The second-order valence-electron chi connectivity index (χ2n) is 6.55. The summed E-state index contributed by atoms with van der Waals surface area (Å²) in [6.07, 6.45) is 0.794. The molecule has 0 aliphatic heterocycles. The van der Waals surface area contributed by atoms with Gasteiger partial charge in [-0.2, -0.15) is 0 Å². The number of carbonyl (C=O) groups excluding carboxylic acids is 1. The van der Waals surface area contributed by atoms with Crippen LogP contribution in [0.5, 0.6) is 0 Å². The van der Waals surface area contributed by atoms with E-state index in [0.717, 1.165) is 6.07 Å². The van der Waals surface area contributed by atoms with Crippen LogP contribution in [0.15, 0.2) is 36.5 Å². The number of rotatable bonds is 5. The molecule has 138 valence electrons. The quantitative estimate of drug-likeness (QED) is 0.834. The number of carbonyl (C=O) groups is 1. The van der Waals surface area contributed by atoms with Crippen molar-refractivity contribution in [2.24, 2.45) is 0 Å². The van der Waals surface area contributed by atoms with Gasteiger partial charge in [-0.05, 0) is 43.0 Å². The van der Waals surface area contributed by atoms with E-state index in [1.54, 1.807) is 0 Å². The van der Waals surface area contributed by atoms with Gasteiger partial charge in [-0.15, -0.1) is 0 Å². The number of aryl methyl sites for hydroxylation is 1. The van der Waals surface area contributed by atoms with E-state index in [2.05, 4.69) is 4.98 Å². The van der Waals surface area contributed by atoms with Gasteiger partial charge in [-0.1, -0.05) is 23.7 Å². The van der Waals surface area contributed by atoms with E-state index in [0.29, 0.717) is 0 Å². The molecule has 0 radical (unpaired) electrons. The van der Waals surface area contributed by atoms with Crippen LogP contribution in [0.1, 0.15) is 36.1 Å². The van der Waals surface area contributed by atoms with Gasteiger partial charge in [0, 0.05) is 23.2 Å². The highest BCUT2D eigenvalue weighted by molar-refractivity contribution is 6.30. The second kappa shape index (κ2) is 7.02. The molecule has 4 nitrogen and oxygen atoms in total. The van der Waals surface area contributed by atoms with Gasteiger partial charge in [0.05, 0.1) is 12.3 Å². The average Bonchev–Trinajstić information content (AvgIpc) is 2.64. The normalized spacial score (nSPS) is 25.0. The minimum atomic E-state index is -2.33. The van der Waals surface area contributed by atoms with Crippen LogP contribution in [-0.2, 0) is 22.5 Å². The maximum Gasteiger partial charge on any atom is 0.195 e.